The molecule has 1 aliphatic rings. The van der Waals surface area contributed by atoms with Gasteiger partial charge in [-0.15, -0.1) is 11.3 Å². The minimum atomic E-state index is -0.140. The van der Waals surface area contributed by atoms with E-state index in [4.69, 9.17) is 11.6 Å². The fourth-order valence-electron chi connectivity index (χ4n) is 2.73. The van der Waals surface area contributed by atoms with E-state index in [0.29, 0.717) is 10.2 Å². The van der Waals surface area contributed by atoms with Crippen LogP contribution in [0.4, 0.5) is 9.93 Å². The van der Waals surface area contributed by atoms with Crippen molar-refractivity contribution < 1.29 is 4.79 Å². The number of hydrogen-bond acceptors (Lipinski definition) is 3. The molecule has 2 amide bonds. The van der Waals surface area contributed by atoms with E-state index in [-0.39, 0.29) is 12.1 Å². The van der Waals surface area contributed by atoms with Gasteiger partial charge in [0.1, 0.15) is 0 Å². The summed E-state index contributed by atoms with van der Waals surface area (Å²) in [5.74, 6) is 0. The lowest BCUT2D eigenvalue weighted by Crippen LogP contribution is -2.33. The first-order valence-corrected chi connectivity index (χ1v) is 9.02. The quantitative estimate of drug-likeness (QED) is 0.856. The predicted molar refractivity (Wildman–Crippen MR) is 95.4 cm³/mol. The second-order valence-corrected chi connectivity index (χ2v) is 7.38. The molecule has 2 aromatic rings. The SMILES string of the molecule is CC(c1ccc(Cl)cc1)N(C)C(=O)Nc1nc2c(s1)CCCC2. The smallest absolute Gasteiger partial charge is 0.321 e. The van der Waals surface area contributed by atoms with E-state index in [0.717, 1.165) is 24.1 Å². The lowest BCUT2D eigenvalue weighted by Gasteiger charge is -2.25. The van der Waals surface area contributed by atoms with Crippen LogP contribution in [0, 0.1) is 0 Å². The van der Waals surface area contributed by atoms with Crippen LogP contribution in [0.5, 0.6) is 0 Å². The van der Waals surface area contributed by atoms with Crippen LogP contribution in [-0.4, -0.2) is 23.0 Å². The summed E-state index contributed by atoms with van der Waals surface area (Å²) in [5.41, 5.74) is 2.20. The number of halogens is 1. The van der Waals surface area contributed by atoms with Gasteiger partial charge >= 0.3 is 6.03 Å². The van der Waals surface area contributed by atoms with Crippen molar-refractivity contribution in [2.75, 3.05) is 12.4 Å². The van der Waals surface area contributed by atoms with Crippen molar-refractivity contribution >= 4 is 34.1 Å². The monoisotopic (exact) mass is 349 g/mol. The molecule has 23 heavy (non-hydrogen) atoms. The fraction of sp³-hybridized carbons (Fsp3) is 0.412. The van der Waals surface area contributed by atoms with Crippen molar-refractivity contribution in [2.24, 2.45) is 0 Å². The van der Waals surface area contributed by atoms with Crippen molar-refractivity contribution in [3.05, 3.63) is 45.4 Å². The fourth-order valence-corrected chi connectivity index (χ4v) is 3.89. The van der Waals surface area contributed by atoms with Gasteiger partial charge in [-0.1, -0.05) is 23.7 Å². The van der Waals surface area contributed by atoms with E-state index in [1.54, 1.807) is 23.3 Å². The zero-order valence-electron chi connectivity index (χ0n) is 13.3. The van der Waals surface area contributed by atoms with Gasteiger partial charge in [-0.2, -0.15) is 0 Å². The summed E-state index contributed by atoms with van der Waals surface area (Å²) >= 11 is 7.52. The first kappa shape index (κ1) is 16.3. The van der Waals surface area contributed by atoms with Crippen molar-refractivity contribution in [1.29, 1.82) is 0 Å². The van der Waals surface area contributed by atoms with Gasteiger partial charge in [0.25, 0.3) is 0 Å². The molecule has 122 valence electrons. The normalized spacial score (nSPS) is 14.9. The predicted octanol–water partition coefficient (Wildman–Crippen LogP) is 4.90. The maximum atomic E-state index is 12.5. The number of hydrogen-bond donors (Lipinski definition) is 1. The number of rotatable bonds is 3. The highest BCUT2D eigenvalue weighted by molar-refractivity contribution is 7.15. The number of nitrogens with one attached hydrogen (secondary N) is 1. The molecule has 0 fully saturated rings. The number of benzene rings is 1. The molecule has 0 aliphatic heterocycles. The molecule has 0 spiro atoms. The van der Waals surface area contributed by atoms with Crippen LogP contribution < -0.4 is 5.32 Å². The van der Waals surface area contributed by atoms with Crippen LogP contribution in [0.1, 0.15) is 41.9 Å². The number of amides is 2. The van der Waals surface area contributed by atoms with E-state index < -0.39 is 0 Å². The van der Waals surface area contributed by atoms with Gasteiger partial charge in [-0.25, -0.2) is 9.78 Å². The summed E-state index contributed by atoms with van der Waals surface area (Å²) in [4.78, 5) is 20.0. The number of fused-ring (bicyclic) bond motifs is 1. The molecule has 1 aromatic carbocycles. The second kappa shape index (κ2) is 6.89. The minimum absolute atomic E-state index is 0.0400. The molecule has 1 heterocycles. The molecule has 1 N–H and O–H groups in total. The third-order valence-corrected chi connectivity index (χ3v) is 5.64. The van der Waals surface area contributed by atoms with Crippen LogP contribution in [0.2, 0.25) is 5.02 Å². The van der Waals surface area contributed by atoms with Gasteiger partial charge in [-0.3, -0.25) is 5.32 Å². The van der Waals surface area contributed by atoms with Crippen molar-refractivity contribution in [1.82, 2.24) is 9.88 Å². The van der Waals surface area contributed by atoms with Crippen molar-refractivity contribution in [2.45, 2.75) is 38.6 Å². The molecule has 0 saturated heterocycles. The van der Waals surface area contributed by atoms with Gasteiger partial charge < -0.3 is 4.90 Å². The first-order valence-electron chi connectivity index (χ1n) is 7.82. The van der Waals surface area contributed by atoms with Crippen molar-refractivity contribution in [3.8, 4) is 0 Å². The first-order chi connectivity index (χ1) is 11.0. The average Bonchev–Trinajstić information content (AvgIpc) is 2.96. The van der Waals surface area contributed by atoms with E-state index >= 15 is 0 Å². The maximum absolute atomic E-state index is 12.5. The third kappa shape index (κ3) is 3.67. The highest BCUT2D eigenvalue weighted by Crippen LogP contribution is 2.30. The Morgan fingerprint density at radius 2 is 2.00 bits per heavy atom. The summed E-state index contributed by atoms with van der Waals surface area (Å²) in [6, 6.07) is 7.39. The van der Waals surface area contributed by atoms with Gasteiger partial charge in [0, 0.05) is 16.9 Å². The number of urea groups is 1. The summed E-state index contributed by atoms with van der Waals surface area (Å²) < 4.78 is 0. The van der Waals surface area contributed by atoms with E-state index in [1.807, 2.05) is 31.2 Å². The second-order valence-electron chi connectivity index (χ2n) is 5.86. The molecule has 0 bridgehead atoms. The van der Waals surface area contributed by atoms with Crippen LogP contribution in [0.25, 0.3) is 0 Å². The highest BCUT2D eigenvalue weighted by Gasteiger charge is 2.20. The Morgan fingerprint density at radius 1 is 1.30 bits per heavy atom. The summed E-state index contributed by atoms with van der Waals surface area (Å²) in [6.45, 7) is 2.00. The summed E-state index contributed by atoms with van der Waals surface area (Å²) in [6.07, 6.45) is 4.52. The average molecular weight is 350 g/mol. The number of aromatic nitrogens is 1. The molecule has 1 aromatic heterocycles. The van der Waals surface area contributed by atoms with Crippen LogP contribution >= 0.6 is 22.9 Å². The van der Waals surface area contributed by atoms with Gasteiger partial charge in [-0.05, 0) is 50.3 Å². The molecule has 6 heteroatoms. The molecule has 1 atom stereocenters. The molecule has 0 radical (unpaired) electrons. The molecular formula is C17H20ClN3OS. The van der Waals surface area contributed by atoms with E-state index in [1.165, 1.54) is 17.7 Å². The number of aryl methyl sites for hydroxylation is 2. The third-order valence-electron chi connectivity index (χ3n) is 4.31. The Labute approximate surface area is 145 Å². The number of carbonyl (C=O) groups excluding carboxylic acids is 1. The standard InChI is InChI=1S/C17H20ClN3OS/c1-11(12-7-9-13(18)10-8-12)21(2)17(22)20-16-19-14-5-3-4-6-15(14)23-16/h7-11H,3-6H2,1-2H3,(H,19,20,22). The Kier molecular flexibility index (Phi) is 4.87. The van der Waals surface area contributed by atoms with E-state index in [9.17, 15) is 4.79 Å². The van der Waals surface area contributed by atoms with Crippen LogP contribution in [0.15, 0.2) is 24.3 Å². The number of anilines is 1. The highest BCUT2D eigenvalue weighted by atomic mass is 35.5. The van der Waals surface area contributed by atoms with Gasteiger partial charge in [0.2, 0.25) is 0 Å². The maximum Gasteiger partial charge on any atom is 0.323 e. The van der Waals surface area contributed by atoms with E-state index in [2.05, 4.69) is 10.3 Å². The van der Waals surface area contributed by atoms with Crippen LogP contribution in [-0.2, 0) is 12.8 Å². The molecule has 1 unspecified atom stereocenters. The number of nitrogens with zero attached hydrogens (tertiary/aromatic N) is 2. The summed E-state index contributed by atoms with van der Waals surface area (Å²) in [7, 11) is 1.79. The van der Waals surface area contributed by atoms with Crippen LogP contribution in [0.3, 0.4) is 0 Å². The van der Waals surface area contributed by atoms with Crippen molar-refractivity contribution in [3.63, 3.8) is 0 Å². The minimum Gasteiger partial charge on any atom is -0.321 e. The van der Waals surface area contributed by atoms with Gasteiger partial charge in [0.15, 0.2) is 5.13 Å². The zero-order chi connectivity index (χ0) is 16.4. The number of carbonyl (C=O) groups is 1. The summed E-state index contributed by atoms with van der Waals surface area (Å²) in [5, 5.41) is 4.33. The Bertz CT molecular complexity index is 675. The lowest BCUT2D eigenvalue weighted by atomic mass is 10.0. The Balaban J connectivity index is 1.67. The molecule has 1 aliphatic carbocycles. The Morgan fingerprint density at radius 3 is 2.70 bits per heavy atom. The Hall–Kier alpha value is -1.59. The lowest BCUT2D eigenvalue weighted by molar-refractivity contribution is 0.208. The molecule has 0 saturated carbocycles. The van der Waals surface area contributed by atoms with Gasteiger partial charge in [0.05, 0.1) is 11.7 Å². The number of thiazole rings is 1. The topological polar surface area (TPSA) is 45.2 Å². The molecule has 4 nitrogen and oxygen atoms in total. The molecular weight excluding hydrogens is 330 g/mol. The molecule has 3 rings (SSSR count). The zero-order valence-corrected chi connectivity index (χ0v) is 14.9. The largest absolute Gasteiger partial charge is 0.323 e.